The van der Waals surface area contributed by atoms with Crippen LogP contribution in [0.2, 0.25) is 0 Å². The molecule has 2 N–H and O–H groups in total. The van der Waals surface area contributed by atoms with E-state index < -0.39 is 0 Å². The number of hydrogen-bond donors (Lipinski definition) is 1. The average molecular weight is 458 g/mol. The maximum absolute atomic E-state index is 6.03. The van der Waals surface area contributed by atoms with Crippen molar-refractivity contribution < 1.29 is 4.74 Å². The van der Waals surface area contributed by atoms with Crippen LogP contribution in [0.1, 0.15) is 11.3 Å². The number of rotatable bonds is 4. The maximum atomic E-state index is 6.03. The molecule has 0 bridgehead atoms. The fourth-order valence-corrected chi connectivity index (χ4v) is 3.29. The van der Waals surface area contributed by atoms with E-state index in [9.17, 15) is 0 Å². The summed E-state index contributed by atoms with van der Waals surface area (Å²) in [5.74, 6) is 0.613. The molecule has 7 heteroatoms. The largest absolute Gasteiger partial charge is 0.378 e. The number of nitrogens with zero attached hydrogens (tertiary/aromatic N) is 3. The number of aryl methyl sites for hydroxylation is 1. The van der Waals surface area contributed by atoms with Crippen LogP contribution in [0.25, 0.3) is 10.6 Å². The van der Waals surface area contributed by atoms with E-state index in [1.165, 1.54) is 11.1 Å². The van der Waals surface area contributed by atoms with Gasteiger partial charge in [-0.1, -0.05) is 29.8 Å². The van der Waals surface area contributed by atoms with Crippen molar-refractivity contribution >= 4 is 41.3 Å². The molecule has 3 rings (SSSR count). The van der Waals surface area contributed by atoms with Crippen LogP contribution in [0.3, 0.4) is 0 Å². The van der Waals surface area contributed by atoms with Crippen molar-refractivity contribution in [2.75, 3.05) is 32.8 Å². The van der Waals surface area contributed by atoms with Crippen LogP contribution < -0.4 is 5.73 Å². The molecule has 24 heavy (non-hydrogen) atoms. The van der Waals surface area contributed by atoms with E-state index in [1.807, 2.05) is 0 Å². The molecule has 0 aliphatic carbocycles. The Hall–Kier alpha value is -1.19. The van der Waals surface area contributed by atoms with Crippen molar-refractivity contribution in [1.29, 1.82) is 0 Å². The summed E-state index contributed by atoms with van der Waals surface area (Å²) in [4.78, 5) is 11.2. The van der Waals surface area contributed by atoms with Gasteiger partial charge in [-0.15, -0.1) is 35.3 Å². The van der Waals surface area contributed by atoms with Crippen molar-refractivity contribution in [3.05, 3.63) is 40.9 Å². The van der Waals surface area contributed by atoms with Gasteiger partial charge >= 0.3 is 0 Å². The van der Waals surface area contributed by atoms with Crippen LogP contribution in [0.15, 0.2) is 34.6 Å². The second-order valence-corrected chi connectivity index (χ2v) is 6.46. The molecule has 1 saturated heterocycles. The van der Waals surface area contributed by atoms with Crippen LogP contribution in [-0.4, -0.2) is 48.7 Å². The molecule has 0 unspecified atom stereocenters. The Morgan fingerprint density at radius 2 is 2.00 bits per heavy atom. The molecule has 2 heterocycles. The highest BCUT2D eigenvalue weighted by atomic mass is 127. The van der Waals surface area contributed by atoms with Gasteiger partial charge in [-0.25, -0.2) is 4.98 Å². The molecule has 5 nitrogen and oxygen atoms in total. The number of aliphatic imine (C=N–C) groups is 1. The summed E-state index contributed by atoms with van der Waals surface area (Å²) < 4.78 is 5.31. The molecule has 1 aromatic carbocycles. The molecule has 0 radical (unpaired) electrons. The van der Waals surface area contributed by atoms with E-state index in [1.54, 1.807) is 11.3 Å². The fraction of sp³-hybridized carbons (Fsp3) is 0.412. The highest BCUT2D eigenvalue weighted by Gasteiger charge is 2.12. The Morgan fingerprint density at radius 3 is 2.71 bits per heavy atom. The van der Waals surface area contributed by atoms with E-state index in [0.717, 1.165) is 43.4 Å². The van der Waals surface area contributed by atoms with Crippen molar-refractivity contribution in [1.82, 2.24) is 9.88 Å². The first-order valence-electron chi connectivity index (χ1n) is 7.86. The van der Waals surface area contributed by atoms with Gasteiger partial charge in [0.2, 0.25) is 0 Å². The Balaban J connectivity index is 0.00000208. The minimum absolute atomic E-state index is 0. The minimum Gasteiger partial charge on any atom is -0.378 e. The number of hydrogen-bond acceptors (Lipinski definition) is 4. The molecule has 0 atom stereocenters. The molecule has 2 aromatic rings. The number of benzene rings is 1. The molecular weight excluding hydrogens is 435 g/mol. The molecule has 0 spiro atoms. The summed E-state index contributed by atoms with van der Waals surface area (Å²) in [6, 6.07) is 8.46. The predicted molar refractivity (Wildman–Crippen MR) is 110 cm³/mol. The van der Waals surface area contributed by atoms with Gasteiger partial charge in [0, 0.05) is 37.0 Å². The third-order valence-corrected chi connectivity index (χ3v) is 4.77. The van der Waals surface area contributed by atoms with E-state index in [0.29, 0.717) is 12.5 Å². The molecular formula is C17H23IN4OS. The third kappa shape index (κ3) is 5.15. The lowest BCUT2D eigenvalue weighted by molar-refractivity contribution is 0.0674. The molecule has 0 saturated carbocycles. The van der Waals surface area contributed by atoms with Gasteiger partial charge in [-0.05, 0) is 6.92 Å². The van der Waals surface area contributed by atoms with Crippen molar-refractivity contribution in [3.8, 4) is 10.6 Å². The molecule has 130 valence electrons. The van der Waals surface area contributed by atoms with Gasteiger partial charge in [-0.3, -0.25) is 4.99 Å². The smallest absolute Gasteiger partial charge is 0.191 e. The number of morpholine rings is 1. The predicted octanol–water partition coefficient (Wildman–Crippen LogP) is 2.93. The van der Waals surface area contributed by atoms with Crippen LogP contribution in [-0.2, 0) is 11.2 Å². The number of nitrogens with two attached hydrogens (primary N) is 1. The number of guanidine groups is 1. The van der Waals surface area contributed by atoms with Crippen LogP contribution in [0, 0.1) is 6.92 Å². The number of ether oxygens (including phenoxy) is 1. The molecule has 1 aliphatic rings. The lowest BCUT2D eigenvalue weighted by Crippen LogP contribution is -2.44. The topological polar surface area (TPSA) is 63.7 Å². The lowest BCUT2D eigenvalue weighted by Gasteiger charge is -2.27. The van der Waals surface area contributed by atoms with Gasteiger partial charge in [0.1, 0.15) is 5.01 Å². The third-order valence-electron chi connectivity index (χ3n) is 3.83. The number of halogens is 1. The highest BCUT2D eigenvalue weighted by molar-refractivity contribution is 14.0. The second kappa shape index (κ2) is 9.33. The fourth-order valence-electron chi connectivity index (χ4n) is 2.43. The van der Waals surface area contributed by atoms with Crippen LogP contribution >= 0.6 is 35.3 Å². The van der Waals surface area contributed by atoms with E-state index in [-0.39, 0.29) is 24.0 Å². The number of thiazole rings is 1. The normalized spacial score (nSPS) is 15.2. The Morgan fingerprint density at radius 1 is 1.29 bits per heavy atom. The monoisotopic (exact) mass is 458 g/mol. The molecule has 0 amide bonds. The van der Waals surface area contributed by atoms with E-state index in [2.05, 4.69) is 46.5 Å². The van der Waals surface area contributed by atoms with E-state index >= 15 is 0 Å². The van der Waals surface area contributed by atoms with Crippen molar-refractivity contribution in [3.63, 3.8) is 0 Å². The number of aromatic nitrogens is 1. The van der Waals surface area contributed by atoms with Gasteiger partial charge in [-0.2, -0.15) is 0 Å². The first-order chi connectivity index (χ1) is 11.2. The highest BCUT2D eigenvalue weighted by Crippen LogP contribution is 2.24. The molecule has 1 fully saturated rings. The summed E-state index contributed by atoms with van der Waals surface area (Å²) in [5.41, 5.74) is 9.53. The second-order valence-electron chi connectivity index (χ2n) is 5.60. The van der Waals surface area contributed by atoms with Gasteiger partial charge < -0.3 is 15.4 Å². The Bertz CT molecular complexity index is 665. The lowest BCUT2D eigenvalue weighted by atomic mass is 10.2. The SMILES string of the molecule is Cc1ccc(-c2nc(CCN=C(N)N3CCOCC3)cs2)cc1.I. The zero-order chi connectivity index (χ0) is 16.1. The first kappa shape index (κ1) is 19.1. The molecule has 1 aliphatic heterocycles. The Labute approximate surface area is 164 Å². The Kier molecular flexibility index (Phi) is 7.44. The standard InChI is InChI=1S/C17H22N4OS.HI/c1-13-2-4-14(5-3-13)16-20-15(12-23-16)6-7-19-17(18)21-8-10-22-11-9-21;/h2-5,12H,6-11H2,1H3,(H2,18,19);1H. The summed E-state index contributed by atoms with van der Waals surface area (Å²) in [6.45, 7) is 5.85. The summed E-state index contributed by atoms with van der Waals surface area (Å²) >= 11 is 1.68. The summed E-state index contributed by atoms with van der Waals surface area (Å²) in [5, 5.41) is 3.17. The quantitative estimate of drug-likeness (QED) is 0.435. The molecule has 1 aromatic heterocycles. The van der Waals surface area contributed by atoms with E-state index in [4.69, 9.17) is 15.5 Å². The first-order valence-corrected chi connectivity index (χ1v) is 8.74. The minimum atomic E-state index is 0. The van der Waals surface area contributed by atoms with Gasteiger partial charge in [0.05, 0.1) is 18.9 Å². The van der Waals surface area contributed by atoms with Crippen molar-refractivity contribution in [2.45, 2.75) is 13.3 Å². The zero-order valence-electron chi connectivity index (χ0n) is 13.8. The summed E-state index contributed by atoms with van der Waals surface area (Å²) in [7, 11) is 0. The zero-order valence-corrected chi connectivity index (χ0v) is 16.9. The van der Waals surface area contributed by atoms with Crippen LogP contribution in [0.4, 0.5) is 0 Å². The average Bonchev–Trinajstić information content (AvgIpc) is 3.05. The van der Waals surface area contributed by atoms with Gasteiger partial charge in [0.25, 0.3) is 0 Å². The maximum Gasteiger partial charge on any atom is 0.191 e. The van der Waals surface area contributed by atoms with Gasteiger partial charge in [0.15, 0.2) is 5.96 Å². The summed E-state index contributed by atoms with van der Waals surface area (Å²) in [6.07, 6.45) is 0.813. The van der Waals surface area contributed by atoms with Crippen molar-refractivity contribution in [2.24, 2.45) is 10.7 Å². The van der Waals surface area contributed by atoms with Crippen LogP contribution in [0.5, 0.6) is 0 Å².